The number of amides is 1. The lowest BCUT2D eigenvalue weighted by Gasteiger charge is -2.07. The minimum absolute atomic E-state index is 0.216. The van der Waals surface area contributed by atoms with Gasteiger partial charge in [-0.1, -0.05) is 0 Å². The van der Waals surface area contributed by atoms with Gasteiger partial charge in [0.2, 0.25) is 0 Å². The van der Waals surface area contributed by atoms with Crippen molar-refractivity contribution in [3.05, 3.63) is 42.2 Å². The number of hydrogen-bond acceptors (Lipinski definition) is 5. The third kappa shape index (κ3) is 4.42. The first-order chi connectivity index (χ1) is 10.2. The zero-order valence-corrected chi connectivity index (χ0v) is 12.5. The molecule has 6 nitrogen and oxygen atoms in total. The molecule has 2 aromatic rings. The summed E-state index contributed by atoms with van der Waals surface area (Å²) in [6.07, 6.45) is 1.69. The molecular formula is C14H17N3O3S. The second-order valence-electron chi connectivity index (χ2n) is 4.17. The molecule has 1 aromatic heterocycles. The Bertz CT molecular complexity index is 583. The molecule has 0 bridgehead atoms. The smallest absolute Gasteiger partial charge is 0.271 e. The van der Waals surface area contributed by atoms with Crippen molar-refractivity contribution < 1.29 is 14.3 Å². The quantitative estimate of drug-likeness (QED) is 0.762. The largest absolute Gasteiger partial charge is 0.497 e. The van der Waals surface area contributed by atoms with Gasteiger partial charge in [0.1, 0.15) is 17.2 Å². The lowest BCUT2D eigenvalue weighted by Crippen LogP contribution is -2.25. The normalized spacial score (nSPS) is 10.2. The molecule has 1 N–H and O–H groups in total. The Morgan fingerprint density at radius 3 is 2.67 bits per heavy atom. The molecule has 1 amide bonds. The molecule has 0 fully saturated rings. The number of hydrogen-bond donors (Lipinski definition) is 2. The van der Waals surface area contributed by atoms with E-state index >= 15 is 0 Å². The number of nitrogens with one attached hydrogen (secondary N) is 1. The number of carbonyl (C=O) groups excluding carboxylic acids is 1. The number of benzene rings is 1. The zero-order chi connectivity index (χ0) is 15.1. The van der Waals surface area contributed by atoms with Gasteiger partial charge in [-0.2, -0.15) is 17.7 Å². The highest BCUT2D eigenvalue weighted by Gasteiger charge is 2.08. The molecule has 0 aliphatic heterocycles. The lowest BCUT2D eigenvalue weighted by atomic mass is 10.3. The minimum atomic E-state index is -0.216. The Labute approximate surface area is 128 Å². The first kappa shape index (κ1) is 15.2. The highest BCUT2D eigenvalue weighted by molar-refractivity contribution is 7.80. The number of aromatic nitrogens is 2. The summed E-state index contributed by atoms with van der Waals surface area (Å²) in [5.41, 5.74) is 0.357. The van der Waals surface area contributed by atoms with Crippen molar-refractivity contribution in [1.82, 2.24) is 15.1 Å². The van der Waals surface area contributed by atoms with Gasteiger partial charge in [0.05, 0.1) is 7.11 Å². The summed E-state index contributed by atoms with van der Waals surface area (Å²) < 4.78 is 12.2. The molecule has 0 atom stereocenters. The average Bonchev–Trinajstić information content (AvgIpc) is 3.00. The van der Waals surface area contributed by atoms with E-state index in [0.29, 0.717) is 23.7 Å². The van der Waals surface area contributed by atoms with Gasteiger partial charge in [0.25, 0.3) is 5.91 Å². The highest BCUT2D eigenvalue weighted by atomic mass is 32.1. The molecule has 2 rings (SSSR count). The van der Waals surface area contributed by atoms with Crippen LogP contribution in [0.4, 0.5) is 0 Å². The van der Waals surface area contributed by atoms with Crippen LogP contribution in [0.3, 0.4) is 0 Å². The van der Waals surface area contributed by atoms with E-state index in [1.54, 1.807) is 24.1 Å². The molecule has 0 aliphatic carbocycles. The molecule has 0 unspecified atom stereocenters. The van der Waals surface area contributed by atoms with Crippen LogP contribution in [0.2, 0.25) is 0 Å². The number of carbonyl (C=O) groups is 1. The van der Waals surface area contributed by atoms with Crippen LogP contribution >= 0.6 is 12.6 Å². The van der Waals surface area contributed by atoms with E-state index in [2.05, 4.69) is 23.0 Å². The van der Waals surface area contributed by atoms with Crippen molar-refractivity contribution in [2.24, 2.45) is 0 Å². The number of ether oxygens (including phenoxy) is 2. The standard InChI is InChI=1S/C14H17N3O3S/c1-19-11-2-4-12(5-3-11)20-10-17-8-6-13(16-17)14(18)15-7-9-21/h2-6,8,21H,7,9-10H2,1H3,(H,15,18). The van der Waals surface area contributed by atoms with Crippen molar-refractivity contribution in [2.75, 3.05) is 19.4 Å². The van der Waals surface area contributed by atoms with E-state index < -0.39 is 0 Å². The monoisotopic (exact) mass is 307 g/mol. The molecule has 0 radical (unpaired) electrons. The summed E-state index contributed by atoms with van der Waals surface area (Å²) in [6.45, 7) is 0.739. The van der Waals surface area contributed by atoms with Gasteiger partial charge in [-0.25, -0.2) is 4.68 Å². The van der Waals surface area contributed by atoms with E-state index in [-0.39, 0.29) is 12.6 Å². The number of thiol groups is 1. The Balaban J connectivity index is 1.88. The summed E-state index contributed by atoms with van der Waals surface area (Å²) >= 11 is 4.03. The third-order valence-electron chi connectivity index (χ3n) is 2.69. The third-order valence-corrected chi connectivity index (χ3v) is 2.92. The van der Waals surface area contributed by atoms with Crippen LogP contribution in [-0.2, 0) is 6.73 Å². The first-order valence-electron chi connectivity index (χ1n) is 6.42. The van der Waals surface area contributed by atoms with Crippen LogP contribution < -0.4 is 14.8 Å². The van der Waals surface area contributed by atoms with E-state index in [9.17, 15) is 4.79 Å². The van der Waals surface area contributed by atoms with Gasteiger partial charge in [-0.15, -0.1) is 0 Å². The molecule has 21 heavy (non-hydrogen) atoms. The summed E-state index contributed by atoms with van der Waals surface area (Å²) in [4.78, 5) is 11.7. The number of rotatable bonds is 7. The van der Waals surface area contributed by atoms with Crippen molar-refractivity contribution >= 4 is 18.5 Å². The van der Waals surface area contributed by atoms with Crippen LogP contribution in [0.25, 0.3) is 0 Å². The Morgan fingerprint density at radius 1 is 1.29 bits per heavy atom. The minimum Gasteiger partial charge on any atom is -0.497 e. The summed E-state index contributed by atoms with van der Waals surface area (Å²) in [5, 5.41) is 6.84. The van der Waals surface area contributed by atoms with Gasteiger partial charge in [0, 0.05) is 18.5 Å². The zero-order valence-electron chi connectivity index (χ0n) is 11.7. The lowest BCUT2D eigenvalue weighted by molar-refractivity contribution is 0.0949. The van der Waals surface area contributed by atoms with E-state index in [0.717, 1.165) is 5.75 Å². The molecule has 0 aliphatic rings. The summed E-state index contributed by atoms with van der Waals surface area (Å²) in [6, 6.07) is 8.89. The van der Waals surface area contributed by atoms with Gasteiger partial charge < -0.3 is 14.8 Å². The van der Waals surface area contributed by atoms with Crippen LogP contribution in [0, 0.1) is 0 Å². The summed E-state index contributed by atoms with van der Waals surface area (Å²) in [5.74, 6) is 1.84. The maximum Gasteiger partial charge on any atom is 0.271 e. The maximum absolute atomic E-state index is 11.7. The highest BCUT2D eigenvalue weighted by Crippen LogP contribution is 2.17. The SMILES string of the molecule is COc1ccc(OCn2ccc(C(=O)NCCS)n2)cc1. The van der Waals surface area contributed by atoms with Crippen LogP contribution in [0.15, 0.2) is 36.5 Å². The van der Waals surface area contributed by atoms with Crippen molar-refractivity contribution in [3.63, 3.8) is 0 Å². The maximum atomic E-state index is 11.7. The Morgan fingerprint density at radius 2 is 2.00 bits per heavy atom. The van der Waals surface area contributed by atoms with Gasteiger partial charge in [0.15, 0.2) is 6.73 Å². The molecule has 7 heteroatoms. The second kappa shape index (κ2) is 7.58. The average molecular weight is 307 g/mol. The van der Waals surface area contributed by atoms with Crippen LogP contribution in [0.1, 0.15) is 10.5 Å². The molecule has 0 saturated carbocycles. The van der Waals surface area contributed by atoms with E-state index in [1.165, 1.54) is 0 Å². The van der Waals surface area contributed by atoms with Crippen LogP contribution in [-0.4, -0.2) is 35.1 Å². The number of nitrogens with zero attached hydrogens (tertiary/aromatic N) is 2. The molecule has 1 aromatic carbocycles. The van der Waals surface area contributed by atoms with Crippen molar-refractivity contribution in [2.45, 2.75) is 6.73 Å². The molecule has 1 heterocycles. The second-order valence-corrected chi connectivity index (χ2v) is 4.62. The molecular weight excluding hydrogens is 290 g/mol. The predicted molar refractivity (Wildman–Crippen MR) is 82.0 cm³/mol. The fraction of sp³-hybridized carbons (Fsp3) is 0.286. The molecule has 0 saturated heterocycles. The first-order valence-corrected chi connectivity index (χ1v) is 7.05. The van der Waals surface area contributed by atoms with Gasteiger partial charge in [-0.05, 0) is 30.3 Å². The van der Waals surface area contributed by atoms with Crippen LogP contribution in [0.5, 0.6) is 11.5 Å². The number of methoxy groups -OCH3 is 1. The van der Waals surface area contributed by atoms with E-state index in [1.807, 2.05) is 24.3 Å². The van der Waals surface area contributed by atoms with Gasteiger partial charge in [-0.3, -0.25) is 4.79 Å². The van der Waals surface area contributed by atoms with E-state index in [4.69, 9.17) is 9.47 Å². The Hall–Kier alpha value is -2.15. The fourth-order valence-electron chi connectivity index (χ4n) is 1.63. The van der Waals surface area contributed by atoms with Crippen molar-refractivity contribution in [3.8, 4) is 11.5 Å². The fourth-order valence-corrected chi connectivity index (χ4v) is 1.74. The Kier molecular flexibility index (Phi) is 5.51. The molecule has 0 spiro atoms. The molecule has 112 valence electrons. The topological polar surface area (TPSA) is 65.4 Å². The predicted octanol–water partition coefficient (Wildman–Crippen LogP) is 1.59. The van der Waals surface area contributed by atoms with Gasteiger partial charge >= 0.3 is 0 Å². The summed E-state index contributed by atoms with van der Waals surface area (Å²) in [7, 11) is 1.61. The van der Waals surface area contributed by atoms with Crippen molar-refractivity contribution in [1.29, 1.82) is 0 Å².